The van der Waals surface area contributed by atoms with E-state index in [1.165, 1.54) is 15.2 Å². The number of sulfonamides is 1. The highest BCUT2D eigenvalue weighted by atomic mass is 32.2. The first kappa shape index (κ1) is 23.6. The number of thiophene rings is 1. The van der Waals surface area contributed by atoms with Gasteiger partial charge in [0.05, 0.1) is 18.1 Å². The van der Waals surface area contributed by atoms with E-state index in [1.54, 1.807) is 29.5 Å². The van der Waals surface area contributed by atoms with Gasteiger partial charge < -0.3 is 9.64 Å². The van der Waals surface area contributed by atoms with Crippen LogP contribution in [0.4, 0.5) is 0 Å². The molecule has 8 heteroatoms. The number of hydrogen-bond acceptors (Lipinski definition) is 5. The molecule has 0 bridgehead atoms. The van der Waals surface area contributed by atoms with Crippen molar-refractivity contribution >= 4 is 27.3 Å². The maximum atomic E-state index is 13.7. The second kappa shape index (κ2) is 10.6. The van der Waals surface area contributed by atoms with Crippen LogP contribution in [-0.4, -0.2) is 55.9 Å². The molecule has 6 nitrogen and oxygen atoms in total. The third kappa shape index (κ3) is 5.70. The summed E-state index contributed by atoms with van der Waals surface area (Å²) in [6, 6.07) is 20.3. The van der Waals surface area contributed by atoms with Crippen molar-refractivity contribution in [2.75, 3.05) is 26.3 Å². The van der Waals surface area contributed by atoms with Crippen molar-refractivity contribution in [3.05, 3.63) is 88.1 Å². The molecule has 33 heavy (non-hydrogen) atoms. The van der Waals surface area contributed by atoms with Crippen molar-refractivity contribution in [1.29, 1.82) is 0 Å². The molecule has 0 unspecified atom stereocenters. The number of nitrogens with zero attached hydrogens (tertiary/aromatic N) is 2. The Kier molecular flexibility index (Phi) is 7.60. The van der Waals surface area contributed by atoms with Gasteiger partial charge >= 0.3 is 0 Å². The predicted molar refractivity (Wildman–Crippen MR) is 130 cm³/mol. The molecule has 1 atom stereocenters. The van der Waals surface area contributed by atoms with Gasteiger partial charge in [-0.25, -0.2) is 8.42 Å². The third-order valence-electron chi connectivity index (χ3n) is 5.75. The van der Waals surface area contributed by atoms with Crippen molar-refractivity contribution in [3.63, 3.8) is 0 Å². The highest BCUT2D eigenvalue weighted by molar-refractivity contribution is 7.89. The molecule has 1 aliphatic heterocycles. The van der Waals surface area contributed by atoms with E-state index in [-0.39, 0.29) is 16.8 Å². The SMILES string of the molecule is C[C@H](Cc1cccs1)N(Cc1ccccc1)C(=O)c1cccc(S(=O)(=O)N2CCOCC2)c1. The minimum Gasteiger partial charge on any atom is -0.379 e. The minimum absolute atomic E-state index is 0.0594. The van der Waals surface area contributed by atoms with E-state index in [4.69, 9.17) is 4.74 Å². The lowest BCUT2D eigenvalue weighted by atomic mass is 10.1. The summed E-state index contributed by atoms with van der Waals surface area (Å²) >= 11 is 1.67. The summed E-state index contributed by atoms with van der Waals surface area (Å²) in [4.78, 5) is 16.8. The smallest absolute Gasteiger partial charge is 0.254 e. The van der Waals surface area contributed by atoms with Gasteiger partial charge in [0.15, 0.2) is 0 Å². The highest BCUT2D eigenvalue weighted by Gasteiger charge is 2.28. The van der Waals surface area contributed by atoms with Crippen LogP contribution in [0.3, 0.4) is 0 Å². The van der Waals surface area contributed by atoms with Crippen molar-refractivity contribution in [2.24, 2.45) is 0 Å². The van der Waals surface area contributed by atoms with Crippen LogP contribution >= 0.6 is 11.3 Å². The zero-order valence-electron chi connectivity index (χ0n) is 18.6. The molecule has 1 fully saturated rings. The number of hydrogen-bond donors (Lipinski definition) is 0. The largest absolute Gasteiger partial charge is 0.379 e. The Bertz CT molecular complexity index is 1160. The monoisotopic (exact) mass is 484 g/mol. The fourth-order valence-corrected chi connectivity index (χ4v) is 6.21. The van der Waals surface area contributed by atoms with Crippen LogP contribution < -0.4 is 0 Å². The zero-order chi connectivity index (χ0) is 23.3. The molecule has 0 N–H and O–H groups in total. The molecule has 0 aliphatic carbocycles. The van der Waals surface area contributed by atoms with Crippen LogP contribution in [0.5, 0.6) is 0 Å². The van der Waals surface area contributed by atoms with Gasteiger partial charge in [0.1, 0.15) is 0 Å². The van der Waals surface area contributed by atoms with Crippen LogP contribution in [0.1, 0.15) is 27.7 Å². The molecule has 2 aromatic carbocycles. The lowest BCUT2D eigenvalue weighted by Gasteiger charge is -2.30. The zero-order valence-corrected chi connectivity index (χ0v) is 20.2. The van der Waals surface area contributed by atoms with E-state index < -0.39 is 10.0 Å². The first-order valence-electron chi connectivity index (χ1n) is 11.0. The minimum atomic E-state index is -3.68. The van der Waals surface area contributed by atoms with Crippen molar-refractivity contribution in [2.45, 2.75) is 30.8 Å². The molecule has 0 radical (unpaired) electrons. The Morgan fingerprint density at radius 1 is 1.06 bits per heavy atom. The van der Waals surface area contributed by atoms with Gasteiger partial charge in [-0.15, -0.1) is 11.3 Å². The van der Waals surface area contributed by atoms with Gasteiger partial charge in [-0.3, -0.25) is 4.79 Å². The van der Waals surface area contributed by atoms with Crippen LogP contribution in [0.25, 0.3) is 0 Å². The normalized spacial score (nSPS) is 15.8. The van der Waals surface area contributed by atoms with E-state index in [0.29, 0.717) is 38.4 Å². The number of amides is 1. The Morgan fingerprint density at radius 3 is 2.52 bits per heavy atom. The van der Waals surface area contributed by atoms with Gasteiger partial charge in [-0.05, 0) is 42.1 Å². The lowest BCUT2D eigenvalue weighted by molar-refractivity contribution is 0.0675. The molecule has 1 aliphatic rings. The molecule has 2 heterocycles. The Balaban J connectivity index is 1.62. The van der Waals surface area contributed by atoms with E-state index in [9.17, 15) is 13.2 Å². The van der Waals surface area contributed by atoms with E-state index in [0.717, 1.165) is 12.0 Å². The standard InChI is InChI=1S/C25H28N2O4S2/c1-20(17-23-10-6-16-32-23)27(19-21-7-3-2-4-8-21)25(28)22-9-5-11-24(18-22)33(29,30)26-12-14-31-15-13-26/h2-11,16,18,20H,12-15,17,19H2,1H3/t20-/m1/s1. The number of rotatable bonds is 8. The summed E-state index contributed by atoms with van der Waals surface area (Å²) < 4.78 is 32.9. The summed E-state index contributed by atoms with van der Waals surface area (Å²) in [5.74, 6) is -0.179. The van der Waals surface area contributed by atoms with Crippen LogP contribution in [0.15, 0.2) is 77.0 Å². The van der Waals surface area contributed by atoms with Crippen LogP contribution in [0.2, 0.25) is 0 Å². The van der Waals surface area contributed by atoms with E-state index >= 15 is 0 Å². The molecule has 0 saturated carbocycles. The lowest BCUT2D eigenvalue weighted by Crippen LogP contribution is -2.41. The van der Waals surface area contributed by atoms with Crippen molar-refractivity contribution < 1.29 is 17.9 Å². The molecular weight excluding hydrogens is 456 g/mol. The molecule has 0 spiro atoms. The first-order valence-corrected chi connectivity index (χ1v) is 13.3. The average molecular weight is 485 g/mol. The van der Waals surface area contributed by atoms with E-state index in [1.807, 2.05) is 53.6 Å². The maximum Gasteiger partial charge on any atom is 0.254 e. The topological polar surface area (TPSA) is 66.9 Å². The number of benzene rings is 2. The second-order valence-electron chi connectivity index (χ2n) is 8.10. The first-order chi connectivity index (χ1) is 15.9. The van der Waals surface area contributed by atoms with Crippen LogP contribution in [0, 0.1) is 0 Å². The quantitative estimate of drug-likeness (QED) is 0.484. The molecule has 4 rings (SSSR count). The third-order valence-corrected chi connectivity index (χ3v) is 8.55. The fraction of sp³-hybridized carbons (Fsp3) is 0.320. The summed E-state index contributed by atoms with van der Waals surface area (Å²) in [5.41, 5.74) is 1.40. The number of ether oxygens (including phenoxy) is 1. The van der Waals surface area contributed by atoms with Gasteiger partial charge in [0, 0.05) is 42.5 Å². The average Bonchev–Trinajstić information content (AvgIpc) is 3.36. The summed E-state index contributed by atoms with van der Waals surface area (Å²) in [6.45, 7) is 3.88. The molecule has 174 valence electrons. The van der Waals surface area contributed by atoms with Gasteiger partial charge in [-0.2, -0.15) is 4.31 Å². The summed E-state index contributed by atoms with van der Waals surface area (Å²) in [6.07, 6.45) is 0.738. The van der Waals surface area contributed by atoms with Crippen molar-refractivity contribution in [3.8, 4) is 0 Å². The van der Waals surface area contributed by atoms with Gasteiger partial charge in [-0.1, -0.05) is 42.5 Å². The van der Waals surface area contributed by atoms with E-state index in [2.05, 4.69) is 6.07 Å². The molecule has 1 amide bonds. The molecule has 3 aromatic rings. The Morgan fingerprint density at radius 2 is 1.82 bits per heavy atom. The highest BCUT2D eigenvalue weighted by Crippen LogP contribution is 2.22. The second-order valence-corrected chi connectivity index (χ2v) is 11.1. The molecule has 1 saturated heterocycles. The number of carbonyl (C=O) groups is 1. The fourth-order valence-electron chi connectivity index (χ4n) is 3.93. The van der Waals surface area contributed by atoms with Gasteiger partial charge in [0.2, 0.25) is 10.0 Å². The Labute approximate surface area is 199 Å². The molecular formula is C25H28N2O4S2. The van der Waals surface area contributed by atoms with Crippen molar-refractivity contribution in [1.82, 2.24) is 9.21 Å². The van der Waals surface area contributed by atoms with Crippen LogP contribution in [-0.2, 0) is 27.7 Å². The summed E-state index contributed by atoms with van der Waals surface area (Å²) in [7, 11) is -3.68. The number of carbonyl (C=O) groups excluding carboxylic acids is 1. The van der Waals surface area contributed by atoms with Gasteiger partial charge in [0.25, 0.3) is 5.91 Å². The number of morpholine rings is 1. The maximum absolute atomic E-state index is 13.7. The predicted octanol–water partition coefficient (Wildman–Crippen LogP) is 4.04. The summed E-state index contributed by atoms with van der Waals surface area (Å²) in [5, 5.41) is 2.03. The molecule has 1 aromatic heterocycles. The Hall–Kier alpha value is -2.52.